The maximum absolute atomic E-state index is 12.3. The van der Waals surface area contributed by atoms with Crippen molar-refractivity contribution in [1.82, 2.24) is 10.2 Å². The summed E-state index contributed by atoms with van der Waals surface area (Å²) >= 11 is 0. The number of primary sulfonamides is 1. The monoisotopic (exact) mass is 165 g/mol. The van der Waals surface area contributed by atoms with Gasteiger partial charge in [0.25, 0.3) is 10.0 Å². The summed E-state index contributed by atoms with van der Waals surface area (Å²) in [6.45, 7) is 0. The van der Waals surface area contributed by atoms with E-state index in [2.05, 4.69) is 10.2 Å². The number of halogens is 1. The minimum absolute atomic E-state index is 0.757. The number of hydrogen-bond donors (Lipinski definition) is 2. The molecule has 0 amide bonds. The molecule has 1 aromatic rings. The van der Waals surface area contributed by atoms with E-state index in [0.717, 1.165) is 6.20 Å². The van der Waals surface area contributed by atoms with Crippen LogP contribution in [0.5, 0.6) is 0 Å². The van der Waals surface area contributed by atoms with Crippen molar-refractivity contribution in [2.45, 2.75) is 5.03 Å². The molecule has 0 saturated carbocycles. The summed E-state index contributed by atoms with van der Waals surface area (Å²) in [5.41, 5.74) is 0. The molecule has 0 saturated heterocycles. The van der Waals surface area contributed by atoms with Gasteiger partial charge in [-0.05, 0) is 0 Å². The molecular formula is C3H4FN3O2S. The van der Waals surface area contributed by atoms with Crippen LogP contribution in [-0.2, 0) is 10.0 Å². The van der Waals surface area contributed by atoms with Crippen LogP contribution in [0, 0.1) is 5.82 Å². The number of nitrogens with one attached hydrogen (secondary N) is 1. The maximum atomic E-state index is 12.3. The van der Waals surface area contributed by atoms with Crippen molar-refractivity contribution in [1.29, 1.82) is 0 Å². The number of aromatic amines is 1. The molecule has 0 atom stereocenters. The van der Waals surface area contributed by atoms with E-state index in [1.165, 1.54) is 0 Å². The van der Waals surface area contributed by atoms with Crippen molar-refractivity contribution in [3.63, 3.8) is 0 Å². The van der Waals surface area contributed by atoms with Crippen LogP contribution in [0.25, 0.3) is 0 Å². The molecule has 1 aromatic heterocycles. The third kappa shape index (κ3) is 1.14. The van der Waals surface area contributed by atoms with Crippen molar-refractivity contribution in [3.05, 3.63) is 12.0 Å². The van der Waals surface area contributed by atoms with E-state index in [-0.39, 0.29) is 0 Å². The quantitative estimate of drug-likeness (QED) is 0.570. The maximum Gasteiger partial charge on any atom is 0.260 e. The molecule has 0 aliphatic rings. The van der Waals surface area contributed by atoms with Gasteiger partial charge in [-0.2, -0.15) is 5.10 Å². The topological polar surface area (TPSA) is 88.8 Å². The van der Waals surface area contributed by atoms with Crippen molar-refractivity contribution in [3.8, 4) is 0 Å². The highest BCUT2D eigenvalue weighted by atomic mass is 32.2. The van der Waals surface area contributed by atoms with Gasteiger partial charge in [0.2, 0.25) is 5.03 Å². The molecule has 0 bridgehead atoms. The predicted octanol–water partition coefficient (Wildman–Crippen LogP) is -0.804. The van der Waals surface area contributed by atoms with Crippen LogP contribution in [0.3, 0.4) is 0 Å². The first-order valence-electron chi connectivity index (χ1n) is 2.24. The van der Waals surface area contributed by atoms with Gasteiger partial charge < -0.3 is 0 Å². The molecule has 0 aromatic carbocycles. The lowest BCUT2D eigenvalue weighted by atomic mass is 10.7. The summed E-state index contributed by atoms with van der Waals surface area (Å²) in [5, 5.41) is 8.89. The first kappa shape index (κ1) is 7.16. The lowest BCUT2D eigenvalue weighted by Crippen LogP contribution is -2.14. The number of nitrogens with zero attached hydrogens (tertiary/aromatic N) is 1. The molecule has 7 heteroatoms. The summed E-state index contributed by atoms with van der Waals surface area (Å²) < 4.78 is 33.0. The molecule has 0 unspecified atom stereocenters. The van der Waals surface area contributed by atoms with E-state index < -0.39 is 20.9 Å². The van der Waals surface area contributed by atoms with Crippen molar-refractivity contribution < 1.29 is 12.8 Å². The van der Waals surface area contributed by atoms with Gasteiger partial charge in [-0.25, -0.2) is 17.9 Å². The van der Waals surface area contributed by atoms with Crippen LogP contribution in [-0.4, -0.2) is 18.6 Å². The number of nitrogens with two attached hydrogens (primary N) is 1. The van der Waals surface area contributed by atoms with Gasteiger partial charge in [-0.3, -0.25) is 5.10 Å². The Bertz CT molecular complexity index is 329. The Morgan fingerprint density at radius 1 is 1.70 bits per heavy atom. The molecule has 0 fully saturated rings. The largest absolute Gasteiger partial charge is 0.281 e. The Morgan fingerprint density at radius 2 is 2.30 bits per heavy atom. The van der Waals surface area contributed by atoms with Gasteiger partial charge in [-0.1, -0.05) is 0 Å². The summed E-state index contributed by atoms with van der Waals surface area (Å²) in [5.74, 6) is -0.970. The van der Waals surface area contributed by atoms with Gasteiger partial charge in [0.15, 0.2) is 5.82 Å². The molecule has 3 N–H and O–H groups in total. The summed E-state index contributed by atoms with van der Waals surface area (Å²) in [7, 11) is -4.01. The lowest BCUT2D eigenvalue weighted by molar-refractivity contribution is 0.563. The fraction of sp³-hybridized carbons (Fsp3) is 0. The van der Waals surface area contributed by atoms with Crippen LogP contribution in [0.4, 0.5) is 4.39 Å². The van der Waals surface area contributed by atoms with Gasteiger partial charge >= 0.3 is 0 Å². The highest BCUT2D eigenvalue weighted by molar-refractivity contribution is 7.89. The second-order valence-electron chi connectivity index (χ2n) is 1.58. The van der Waals surface area contributed by atoms with Gasteiger partial charge in [0.1, 0.15) is 0 Å². The third-order valence-electron chi connectivity index (χ3n) is 0.831. The van der Waals surface area contributed by atoms with Crippen molar-refractivity contribution >= 4 is 10.0 Å². The van der Waals surface area contributed by atoms with Crippen LogP contribution < -0.4 is 5.14 Å². The Kier molecular flexibility index (Phi) is 1.45. The van der Waals surface area contributed by atoms with E-state index in [1.54, 1.807) is 0 Å². The molecule has 0 aliphatic heterocycles. The lowest BCUT2D eigenvalue weighted by Gasteiger charge is -1.87. The van der Waals surface area contributed by atoms with E-state index in [0.29, 0.717) is 0 Å². The van der Waals surface area contributed by atoms with Crippen LogP contribution >= 0.6 is 0 Å². The number of sulfonamides is 1. The van der Waals surface area contributed by atoms with E-state index >= 15 is 0 Å². The van der Waals surface area contributed by atoms with Gasteiger partial charge in [0, 0.05) is 0 Å². The highest BCUT2D eigenvalue weighted by Gasteiger charge is 2.16. The second-order valence-corrected chi connectivity index (χ2v) is 3.06. The van der Waals surface area contributed by atoms with Gasteiger partial charge in [0.05, 0.1) is 6.20 Å². The highest BCUT2D eigenvalue weighted by Crippen LogP contribution is 2.05. The Morgan fingerprint density at radius 3 is 2.50 bits per heavy atom. The Labute approximate surface area is 56.1 Å². The molecule has 1 rings (SSSR count). The molecule has 5 nitrogen and oxygen atoms in total. The van der Waals surface area contributed by atoms with Gasteiger partial charge in [-0.15, -0.1) is 0 Å². The first-order valence-corrected chi connectivity index (χ1v) is 3.78. The van der Waals surface area contributed by atoms with Crippen LogP contribution in [0.15, 0.2) is 11.2 Å². The molecule has 10 heavy (non-hydrogen) atoms. The van der Waals surface area contributed by atoms with Crippen LogP contribution in [0.2, 0.25) is 0 Å². The Balaban J connectivity index is 3.32. The smallest absolute Gasteiger partial charge is 0.260 e. The molecular weight excluding hydrogens is 161 g/mol. The minimum Gasteiger partial charge on any atom is -0.281 e. The van der Waals surface area contributed by atoms with Crippen molar-refractivity contribution in [2.24, 2.45) is 5.14 Å². The zero-order chi connectivity index (χ0) is 7.78. The molecule has 0 aliphatic carbocycles. The molecule has 0 radical (unpaired) electrons. The summed E-state index contributed by atoms with van der Waals surface area (Å²) in [4.78, 5) is 0. The molecule has 56 valence electrons. The first-order chi connectivity index (χ1) is 4.52. The van der Waals surface area contributed by atoms with E-state index in [9.17, 15) is 12.8 Å². The predicted molar refractivity (Wildman–Crippen MR) is 29.9 cm³/mol. The zero-order valence-electron chi connectivity index (χ0n) is 4.70. The SMILES string of the molecule is NS(=O)(=O)c1n[nH]cc1F. The molecule has 0 spiro atoms. The standard InChI is InChI=1S/C3H4FN3O2S/c4-2-1-6-7-3(2)10(5,8)9/h1H,(H,6,7)(H2,5,8,9). The number of aromatic nitrogens is 2. The van der Waals surface area contributed by atoms with E-state index in [4.69, 9.17) is 0 Å². The minimum atomic E-state index is -4.01. The number of rotatable bonds is 1. The second kappa shape index (κ2) is 2.03. The molecule has 1 heterocycles. The third-order valence-corrected chi connectivity index (χ3v) is 1.66. The van der Waals surface area contributed by atoms with Crippen molar-refractivity contribution in [2.75, 3.05) is 0 Å². The fourth-order valence-corrected chi connectivity index (χ4v) is 0.973. The normalized spacial score (nSPS) is 11.8. The van der Waals surface area contributed by atoms with Crippen LogP contribution in [0.1, 0.15) is 0 Å². The number of hydrogen-bond acceptors (Lipinski definition) is 3. The average molecular weight is 165 g/mol. The fourth-order valence-electron chi connectivity index (χ4n) is 0.462. The summed E-state index contributed by atoms with van der Waals surface area (Å²) in [6, 6.07) is 0. The zero-order valence-corrected chi connectivity index (χ0v) is 5.52. The average Bonchev–Trinajstić information content (AvgIpc) is 2.11. The Hall–Kier alpha value is -0.950. The van der Waals surface area contributed by atoms with E-state index in [1.807, 2.05) is 5.10 Å². The summed E-state index contributed by atoms with van der Waals surface area (Å²) in [6.07, 6.45) is 0.805. The number of H-pyrrole nitrogens is 1.